The fraction of sp³-hybridized carbons (Fsp3) is 0.133. The number of rotatable bonds is 5. The zero-order valence-electron chi connectivity index (χ0n) is 11.3. The van der Waals surface area contributed by atoms with Gasteiger partial charge in [0.25, 0.3) is 0 Å². The highest BCUT2D eigenvalue weighted by molar-refractivity contribution is 5.93. The van der Waals surface area contributed by atoms with Crippen molar-refractivity contribution in [3.8, 4) is 5.75 Å². The van der Waals surface area contributed by atoms with Gasteiger partial charge in [0.15, 0.2) is 0 Å². The van der Waals surface area contributed by atoms with Crippen molar-refractivity contribution in [3.63, 3.8) is 0 Å². The Hall–Kier alpha value is -2.63. The third-order valence-corrected chi connectivity index (χ3v) is 2.72. The molecule has 2 N–H and O–H groups in total. The molecule has 0 radical (unpaired) electrons. The molecule has 0 aliphatic carbocycles. The molecule has 0 bridgehead atoms. The predicted octanol–water partition coefficient (Wildman–Crippen LogP) is 3.02. The van der Waals surface area contributed by atoms with E-state index < -0.39 is 11.6 Å². The fourth-order valence-electron chi connectivity index (χ4n) is 1.71. The third-order valence-electron chi connectivity index (χ3n) is 2.72. The van der Waals surface area contributed by atoms with Crippen LogP contribution in [0.4, 0.5) is 20.2 Å². The summed E-state index contributed by atoms with van der Waals surface area (Å²) in [5, 5.41) is 5.24. The van der Waals surface area contributed by atoms with Gasteiger partial charge in [0.1, 0.15) is 17.4 Å². The van der Waals surface area contributed by atoms with Gasteiger partial charge in [-0.2, -0.15) is 0 Å². The smallest absolute Gasteiger partial charge is 0.243 e. The highest BCUT2D eigenvalue weighted by Crippen LogP contribution is 2.17. The quantitative estimate of drug-likeness (QED) is 0.890. The summed E-state index contributed by atoms with van der Waals surface area (Å²) in [4.78, 5) is 11.8. The van der Waals surface area contributed by atoms with Gasteiger partial charge in [0, 0.05) is 17.8 Å². The lowest BCUT2D eigenvalue weighted by atomic mass is 10.3. The maximum absolute atomic E-state index is 13.4. The average molecular weight is 292 g/mol. The van der Waals surface area contributed by atoms with Crippen molar-refractivity contribution in [2.75, 3.05) is 24.3 Å². The minimum atomic E-state index is -0.746. The van der Waals surface area contributed by atoms with Crippen molar-refractivity contribution in [3.05, 3.63) is 54.1 Å². The topological polar surface area (TPSA) is 50.4 Å². The second-order valence-corrected chi connectivity index (χ2v) is 4.26. The van der Waals surface area contributed by atoms with Crippen LogP contribution in [0.25, 0.3) is 0 Å². The van der Waals surface area contributed by atoms with Crippen LogP contribution >= 0.6 is 0 Å². The molecule has 4 nitrogen and oxygen atoms in total. The normalized spacial score (nSPS) is 10.0. The summed E-state index contributed by atoms with van der Waals surface area (Å²) in [5.74, 6) is -1.15. The van der Waals surface area contributed by atoms with Crippen LogP contribution in [0.3, 0.4) is 0 Å². The molecule has 1 amide bonds. The van der Waals surface area contributed by atoms with Crippen LogP contribution < -0.4 is 15.4 Å². The number of ether oxygens (including phenoxy) is 1. The molecule has 0 heterocycles. The first kappa shape index (κ1) is 14.8. The Labute approximate surface area is 120 Å². The number of anilines is 2. The summed E-state index contributed by atoms with van der Waals surface area (Å²) in [7, 11) is 1.53. The Morgan fingerprint density at radius 1 is 1.19 bits per heavy atom. The zero-order valence-corrected chi connectivity index (χ0v) is 11.3. The maximum Gasteiger partial charge on any atom is 0.243 e. The summed E-state index contributed by atoms with van der Waals surface area (Å²) in [5.41, 5.74) is 0.637. The highest BCUT2D eigenvalue weighted by Gasteiger charge is 2.07. The molecule has 0 unspecified atom stereocenters. The molecule has 0 aliphatic heterocycles. The lowest BCUT2D eigenvalue weighted by Crippen LogP contribution is -2.22. The standard InChI is InChI=1S/C15H14F2N2O2/c1-21-12-4-2-3-11(8-12)19-15(20)9-18-14-6-5-10(16)7-13(14)17/h2-8,18H,9H2,1H3,(H,19,20). The summed E-state index contributed by atoms with van der Waals surface area (Å²) >= 11 is 0. The number of hydrogen-bond donors (Lipinski definition) is 2. The molecule has 2 aromatic carbocycles. The molecule has 2 aromatic rings. The van der Waals surface area contributed by atoms with Gasteiger partial charge in [-0.3, -0.25) is 4.79 Å². The van der Waals surface area contributed by atoms with Crippen molar-refractivity contribution in [1.29, 1.82) is 0 Å². The minimum absolute atomic E-state index is 0.0668. The molecule has 0 aromatic heterocycles. The van der Waals surface area contributed by atoms with Crippen LogP contribution in [0.2, 0.25) is 0 Å². The number of carbonyl (C=O) groups excluding carboxylic acids is 1. The average Bonchev–Trinajstić information content (AvgIpc) is 2.46. The van der Waals surface area contributed by atoms with Gasteiger partial charge >= 0.3 is 0 Å². The van der Waals surface area contributed by atoms with Crippen LogP contribution in [-0.4, -0.2) is 19.6 Å². The minimum Gasteiger partial charge on any atom is -0.497 e. The zero-order chi connectivity index (χ0) is 15.2. The molecule has 0 saturated heterocycles. The molecule has 0 saturated carbocycles. The van der Waals surface area contributed by atoms with Crippen LogP contribution in [0, 0.1) is 11.6 Å². The van der Waals surface area contributed by atoms with E-state index in [1.54, 1.807) is 24.3 Å². The van der Waals surface area contributed by atoms with Crippen LogP contribution in [0.5, 0.6) is 5.75 Å². The van der Waals surface area contributed by atoms with E-state index in [9.17, 15) is 13.6 Å². The summed E-state index contributed by atoms with van der Waals surface area (Å²) in [6.45, 7) is -0.139. The number of halogens is 2. The molecule has 21 heavy (non-hydrogen) atoms. The first-order chi connectivity index (χ1) is 10.1. The van der Waals surface area contributed by atoms with E-state index in [0.717, 1.165) is 12.1 Å². The van der Waals surface area contributed by atoms with Crippen LogP contribution in [0.15, 0.2) is 42.5 Å². The number of methoxy groups -OCH3 is 1. The van der Waals surface area contributed by atoms with E-state index in [-0.39, 0.29) is 18.1 Å². The van der Waals surface area contributed by atoms with Gasteiger partial charge in [-0.15, -0.1) is 0 Å². The number of nitrogens with one attached hydrogen (secondary N) is 2. The second kappa shape index (κ2) is 6.69. The van der Waals surface area contributed by atoms with Crippen molar-refractivity contribution in [1.82, 2.24) is 0 Å². The first-order valence-corrected chi connectivity index (χ1v) is 6.21. The first-order valence-electron chi connectivity index (χ1n) is 6.21. The Morgan fingerprint density at radius 2 is 2.00 bits per heavy atom. The SMILES string of the molecule is COc1cccc(NC(=O)CNc2ccc(F)cc2F)c1. The van der Waals surface area contributed by atoms with Crippen LogP contribution in [0.1, 0.15) is 0 Å². The van der Waals surface area contributed by atoms with Crippen molar-refractivity contribution in [2.45, 2.75) is 0 Å². The van der Waals surface area contributed by atoms with Gasteiger partial charge in [-0.1, -0.05) is 6.07 Å². The predicted molar refractivity (Wildman–Crippen MR) is 76.5 cm³/mol. The molecule has 2 rings (SSSR count). The lowest BCUT2D eigenvalue weighted by molar-refractivity contribution is -0.114. The molecular weight excluding hydrogens is 278 g/mol. The monoisotopic (exact) mass is 292 g/mol. The molecule has 0 spiro atoms. The van der Waals surface area contributed by atoms with Gasteiger partial charge in [0.05, 0.1) is 19.3 Å². The molecule has 0 atom stereocenters. The van der Waals surface area contributed by atoms with Gasteiger partial charge in [-0.05, 0) is 24.3 Å². The number of carbonyl (C=O) groups is 1. The van der Waals surface area contributed by atoms with Crippen molar-refractivity contribution >= 4 is 17.3 Å². The third kappa shape index (κ3) is 4.17. The Kier molecular flexibility index (Phi) is 4.71. The molecule has 6 heteroatoms. The van der Waals surface area contributed by atoms with E-state index in [1.807, 2.05) is 0 Å². The van der Waals surface area contributed by atoms with Crippen LogP contribution in [-0.2, 0) is 4.79 Å². The molecule has 0 fully saturated rings. The summed E-state index contributed by atoms with van der Waals surface area (Å²) < 4.78 is 31.2. The van der Waals surface area contributed by atoms with Gasteiger partial charge in [-0.25, -0.2) is 8.78 Å². The van der Waals surface area contributed by atoms with E-state index in [1.165, 1.54) is 13.2 Å². The molecule has 110 valence electrons. The molecular formula is C15H14F2N2O2. The molecule has 0 aliphatic rings. The van der Waals surface area contributed by atoms with E-state index in [2.05, 4.69) is 10.6 Å². The van der Waals surface area contributed by atoms with Gasteiger partial charge in [0.2, 0.25) is 5.91 Å². The number of amides is 1. The summed E-state index contributed by atoms with van der Waals surface area (Å²) in [6.07, 6.45) is 0. The Morgan fingerprint density at radius 3 is 2.71 bits per heavy atom. The van der Waals surface area contributed by atoms with E-state index in [0.29, 0.717) is 11.4 Å². The highest BCUT2D eigenvalue weighted by atomic mass is 19.1. The summed E-state index contributed by atoms with van der Waals surface area (Å²) in [6, 6.07) is 9.97. The van der Waals surface area contributed by atoms with Gasteiger partial charge < -0.3 is 15.4 Å². The van der Waals surface area contributed by atoms with E-state index >= 15 is 0 Å². The largest absolute Gasteiger partial charge is 0.497 e. The maximum atomic E-state index is 13.4. The lowest BCUT2D eigenvalue weighted by Gasteiger charge is -2.09. The number of benzene rings is 2. The Balaban J connectivity index is 1.92. The van der Waals surface area contributed by atoms with Crippen molar-refractivity contribution < 1.29 is 18.3 Å². The Bertz CT molecular complexity index is 647. The fourth-order valence-corrected chi connectivity index (χ4v) is 1.71. The second-order valence-electron chi connectivity index (χ2n) is 4.26. The van der Waals surface area contributed by atoms with Crippen molar-refractivity contribution in [2.24, 2.45) is 0 Å². The van der Waals surface area contributed by atoms with E-state index in [4.69, 9.17) is 4.74 Å². The number of hydrogen-bond acceptors (Lipinski definition) is 3.